The Morgan fingerprint density at radius 2 is 1.82 bits per heavy atom. The summed E-state index contributed by atoms with van der Waals surface area (Å²) in [6.07, 6.45) is 1.22. The van der Waals surface area contributed by atoms with Crippen molar-refractivity contribution in [1.29, 1.82) is 0 Å². The molecule has 0 aliphatic heterocycles. The van der Waals surface area contributed by atoms with Crippen LogP contribution in [0.1, 0.15) is 0 Å². The van der Waals surface area contributed by atoms with Crippen LogP contribution in [0.3, 0.4) is 0 Å². The Balaban J connectivity index is 4.87. The van der Waals surface area contributed by atoms with E-state index in [9.17, 15) is 8.42 Å². The van der Waals surface area contributed by atoms with Gasteiger partial charge in [-0.15, -0.1) is 6.58 Å². The molecule has 65 valence electrons. The van der Waals surface area contributed by atoms with Gasteiger partial charge in [0, 0.05) is 0 Å². The Hall–Kier alpha value is -0.133. The molecule has 0 aromatic carbocycles. The van der Waals surface area contributed by atoms with Crippen molar-refractivity contribution in [1.82, 2.24) is 0 Å². The monoisotopic (exact) mass is 193 g/mol. The van der Waals surface area contributed by atoms with Crippen LogP contribution in [-0.4, -0.2) is 21.0 Å². The maximum atomic E-state index is 10.7. The van der Waals surface area contributed by atoms with Gasteiger partial charge in [0.25, 0.3) is 10.1 Å². The van der Waals surface area contributed by atoms with Crippen molar-refractivity contribution < 1.29 is 13.0 Å². The molecule has 0 atom stereocenters. The Bertz CT molecular complexity index is 237. The van der Waals surface area contributed by atoms with Crippen LogP contribution in [0.4, 0.5) is 0 Å². The number of hydrogen-bond donors (Lipinski definition) is 1. The molecule has 0 spiro atoms. The third-order valence-corrected chi connectivity index (χ3v) is 6.22. The van der Waals surface area contributed by atoms with E-state index in [-0.39, 0.29) is 4.87 Å². The predicted molar refractivity (Wildman–Crippen MR) is 48.3 cm³/mol. The third kappa shape index (κ3) is 3.18. The molecule has 1 radical (unpaired) electrons. The van der Waals surface area contributed by atoms with Crippen molar-refractivity contribution >= 4 is 18.2 Å². The van der Waals surface area contributed by atoms with E-state index in [1.165, 1.54) is 6.08 Å². The molecule has 0 saturated carbocycles. The van der Waals surface area contributed by atoms with E-state index in [0.29, 0.717) is 0 Å². The molecule has 0 rings (SSSR count). The van der Waals surface area contributed by atoms with Gasteiger partial charge in [-0.1, -0.05) is 25.7 Å². The van der Waals surface area contributed by atoms with Crippen molar-refractivity contribution in [3.63, 3.8) is 0 Å². The predicted octanol–water partition coefficient (Wildman–Crippen LogP) is 1.47. The fourth-order valence-corrected chi connectivity index (χ4v) is 4.72. The first-order valence-electron chi connectivity index (χ1n) is 3.17. The molecule has 0 aliphatic rings. The van der Waals surface area contributed by atoms with Gasteiger partial charge in [0.15, 0.2) is 0 Å². The van der Waals surface area contributed by atoms with Crippen LogP contribution < -0.4 is 0 Å². The van der Waals surface area contributed by atoms with E-state index in [2.05, 4.69) is 6.58 Å². The summed E-state index contributed by atoms with van der Waals surface area (Å²) in [5.74, 6) is 0. The van der Waals surface area contributed by atoms with E-state index in [1.54, 1.807) is 0 Å². The fraction of sp³-hybridized carbons (Fsp3) is 0.500. The molecule has 0 aromatic rings. The molecule has 0 heterocycles. The molecule has 5 heteroatoms. The van der Waals surface area contributed by atoms with Gasteiger partial charge in [-0.3, -0.25) is 4.55 Å². The zero-order chi connectivity index (χ0) is 9.28. The molecule has 11 heavy (non-hydrogen) atoms. The lowest BCUT2D eigenvalue weighted by molar-refractivity contribution is 0.489. The van der Waals surface area contributed by atoms with Crippen LogP contribution in [0, 0.1) is 4.87 Å². The minimum atomic E-state index is -4.01. The average molecular weight is 193 g/mol. The van der Waals surface area contributed by atoms with E-state index in [1.807, 2.05) is 19.6 Å². The first-order chi connectivity index (χ1) is 4.69. The highest BCUT2D eigenvalue weighted by molar-refractivity contribution is 7.91. The molecule has 0 fully saturated rings. The molecule has 0 bridgehead atoms. The summed E-state index contributed by atoms with van der Waals surface area (Å²) in [7, 11) is -5.97. The summed E-state index contributed by atoms with van der Waals surface area (Å²) in [5.41, 5.74) is 0. The largest absolute Gasteiger partial charge is 0.285 e. The van der Waals surface area contributed by atoms with E-state index in [4.69, 9.17) is 4.55 Å². The smallest absolute Gasteiger partial charge is 0.273 e. The third-order valence-electron chi connectivity index (χ3n) is 1.20. The molecule has 0 unspecified atom stereocenters. The van der Waals surface area contributed by atoms with Crippen LogP contribution in [0.2, 0.25) is 19.6 Å². The summed E-state index contributed by atoms with van der Waals surface area (Å²) >= 11 is 0. The maximum absolute atomic E-state index is 10.7. The lowest BCUT2D eigenvalue weighted by atomic mass is 10.7. The van der Waals surface area contributed by atoms with Crippen molar-refractivity contribution in [3.8, 4) is 0 Å². The van der Waals surface area contributed by atoms with E-state index < -0.39 is 18.2 Å². The topological polar surface area (TPSA) is 54.4 Å². The molecule has 0 amide bonds. The van der Waals surface area contributed by atoms with Crippen LogP contribution in [0.15, 0.2) is 12.7 Å². The van der Waals surface area contributed by atoms with E-state index in [0.717, 1.165) is 0 Å². The Morgan fingerprint density at radius 1 is 1.45 bits per heavy atom. The molecule has 0 aliphatic carbocycles. The maximum Gasteiger partial charge on any atom is 0.273 e. The molecule has 0 aromatic heterocycles. The summed E-state index contributed by atoms with van der Waals surface area (Å²) in [6.45, 7) is 8.85. The fourth-order valence-electron chi connectivity index (χ4n) is 0.798. The van der Waals surface area contributed by atoms with Crippen LogP contribution in [0.5, 0.6) is 0 Å². The highest BCUT2D eigenvalue weighted by atomic mass is 32.2. The second kappa shape index (κ2) is 3.08. The molecular formula is C6H13O3SSi. The van der Waals surface area contributed by atoms with Gasteiger partial charge in [0.1, 0.15) is 4.87 Å². The standard InChI is InChI=1S/C6H13O3SSi/c1-5-6(10(7,8)9)11(2,3)4/h5H,1H2,2-4H3,(H,7,8,9). The number of rotatable bonds is 3. The normalized spacial score (nSPS) is 13.5. The van der Waals surface area contributed by atoms with Crippen LogP contribution >= 0.6 is 0 Å². The van der Waals surface area contributed by atoms with Crippen LogP contribution in [-0.2, 0) is 10.1 Å². The molecule has 1 N–H and O–H groups in total. The Labute approximate surface area is 68.9 Å². The van der Waals surface area contributed by atoms with Gasteiger partial charge < -0.3 is 0 Å². The molecule has 3 nitrogen and oxygen atoms in total. The minimum absolute atomic E-state index is 0.0880. The van der Waals surface area contributed by atoms with Crippen molar-refractivity contribution in [2.24, 2.45) is 0 Å². The van der Waals surface area contributed by atoms with Crippen molar-refractivity contribution in [3.05, 3.63) is 17.5 Å². The lowest BCUT2D eigenvalue weighted by Gasteiger charge is -2.21. The first-order valence-corrected chi connectivity index (χ1v) is 8.11. The lowest BCUT2D eigenvalue weighted by Crippen LogP contribution is -2.34. The Morgan fingerprint density at radius 3 is 1.82 bits per heavy atom. The summed E-state index contributed by atoms with van der Waals surface area (Å²) < 4.78 is 30.1. The van der Waals surface area contributed by atoms with Crippen LogP contribution in [0.25, 0.3) is 0 Å². The molecular weight excluding hydrogens is 180 g/mol. The summed E-state index contributed by atoms with van der Waals surface area (Å²) in [4.78, 5) is 0.0880. The highest BCUT2D eigenvalue weighted by Gasteiger charge is 2.34. The zero-order valence-electron chi connectivity index (χ0n) is 6.96. The quantitative estimate of drug-likeness (QED) is 0.545. The summed E-state index contributed by atoms with van der Waals surface area (Å²) in [6, 6.07) is 0. The first kappa shape index (κ1) is 10.9. The van der Waals surface area contributed by atoms with Gasteiger partial charge in [-0.05, 0) is 0 Å². The van der Waals surface area contributed by atoms with Crippen molar-refractivity contribution in [2.45, 2.75) is 19.6 Å². The van der Waals surface area contributed by atoms with E-state index >= 15 is 0 Å². The van der Waals surface area contributed by atoms with Gasteiger partial charge in [-0.25, -0.2) is 0 Å². The zero-order valence-corrected chi connectivity index (χ0v) is 8.77. The second-order valence-electron chi connectivity index (χ2n) is 3.29. The second-order valence-corrected chi connectivity index (χ2v) is 10.1. The number of hydrogen-bond acceptors (Lipinski definition) is 2. The van der Waals surface area contributed by atoms with Gasteiger partial charge >= 0.3 is 0 Å². The molecule has 0 saturated heterocycles. The highest BCUT2D eigenvalue weighted by Crippen LogP contribution is 2.23. The summed E-state index contributed by atoms with van der Waals surface area (Å²) in [5, 5.41) is 0. The van der Waals surface area contributed by atoms with Gasteiger partial charge in [-0.2, -0.15) is 8.42 Å². The minimum Gasteiger partial charge on any atom is -0.285 e. The average Bonchev–Trinajstić information content (AvgIpc) is 1.56. The van der Waals surface area contributed by atoms with Gasteiger partial charge in [0.2, 0.25) is 0 Å². The van der Waals surface area contributed by atoms with Crippen molar-refractivity contribution in [2.75, 3.05) is 0 Å². The van der Waals surface area contributed by atoms with Gasteiger partial charge in [0.05, 0.1) is 8.07 Å². The Kier molecular flexibility index (Phi) is 3.04. The SMILES string of the molecule is C=C[C]([Si](C)(C)C)S(=O)(=O)O.